The van der Waals surface area contributed by atoms with Gasteiger partial charge in [-0.2, -0.15) is 4.80 Å². The monoisotopic (exact) mass is 223 g/mol. The van der Waals surface area contributed by atoms with Gasteiger partial charge in [0.2, 0.25) is 0 Å². The Labute approximate surface area is 96.6 Å². The Balaban J connectivity index is 1.76. The summed E-state index contributed by atoms with van der Waals surface area (Å²) in [7, 11) is 1.79. The van der Waals surface area contributed by atoms with Crippen molar-refractivity contribution in [2.45, 2.75) is 51.6 Å². The first kappa shape index (κ1) is 11.5. The maximum Gasteiger partial charge on any atom is 0.188 e. The molecule has 0 spiro atoms. The first-order chi connectivity index (χ1) is 7.75. The van der Waals surface area contributed by atoms with Crippen molar-refractivity contribution in [1.82, 2.24) is 25.5 Å². The fourth-order valence-corrected chi connectivity index (χ4v) is 2.45. The normalized spacial score (nSPS) is 19.9. The van der Waals surface area contributed by atoms with Gasteiger partial charge in [0.05, 0.1) is 13.6 Å². The minimum absolute atomic E-state index is 0.559. The molecule has 1 aliphatic carbocycles. The number of rotatable bonds is 4. The van der Waals surface area contributed by atoms with Crippen LogP contribution in [0.4, 0.5) is 0 Å². The van der Waals surface area contributed by atoms with Gasteiger partial charge >= 0.3 is 0 Å². The summed E-state index contributed by atoms with van der Waals surface area (Å²) in [5.74, 6) is 1.61. The molecule has 90 valence electrons. The van der Waals surface area contributed by atoms with Crippen LogP contribution >= 0.6 is 0 Å². The smallest absolute Gasteiger partial charge is 0.188 e. The molecule has 0 amide bonds. The first-order valence-electron chi connectivity index (χ1n) is 6.22. The minimum Gasteiger partial charge on any atom is -0.307 e. The van der Waals surface area contributed by atoms with E-state index >= 15 is 0 Å². The molecule has 0 aliphatic heterocycles. The number of aryl methyl sites for hydroxylation is 1. The van der Waals surface area contributed by atoms with E-state index in [4.69, 9.17) is 0 Å². The van der Waals surface area contributed by atoms with Crippen molar-refractivity contribution in [3.05, 3.63) is 5.82 Å². The predicted molar refractivity (Wildman–Crippen MR) is 61.7 cm³/mol. The summed E-state index contributed by atoms with van der Waals surface area (Å²) >= 11 is 0. The highest BCUT2D eigenvalue weighted by Gasteiger charge is 2.19. The fourth-order valence-electron chi connectivity index (χ4n) is 2.45. The standard InChI is InChI=1S/C11H21N5/c1-9(10-6-4-3-5-7-10)12-8-11-13-15-16(2)14-11/h9-10,12H,3-8H2,1-2H3/t9-/m0/s1. The Kier molecular flexibility index (Phi) is 3.88. The van der Waals surface area contributed by atoms with Gasteiger partial charge in [-0.25, -0.2) is 0 Å². The van der Waals surface area contributed by atoms with Crippen LogP contribution < -0.4 is 5.32 Å². The third-order valence-electron chi connectivity index (χ3n) is 3.49. The average molecular weight is 223 g/mol. The highest BCUT2D eigenvalue weighted by atomic mass is 15.6. The first-order valence-corrected chi connectivity index (χ1v) is 6.22. The van der Waals surface area contributed by atoms with Crippen LogP contribution in [0.1, 0.15) is 44.9 Å². The fraction of sp³-hybridized carbons (Fsp3) is 0.909. The molecule has 0 radical (unpaired) electrons. The van der Waals surface area contributed by atoms with Gasteiger partial charge in [0.1, 0.15) is 0 Å². The van der Waals surface area contributed by atoms with Gasteiger partial charge in [-0.15, -0.1) is 10.2 Å². The highest BCUT2D eigenvalue weighted by Crippen LogP contribution is 2.26. The van der Waals surface area contributed by atoms with Crippen molar-refractivity contribution in [2.75, 3.05) is 0 Å². The van der Waals surface area contributed by atoms with E-state index in [-0.39, 0.29) is 0 Å². The van der Waals surface area contributed by atoms with E-state index in [2.05, 4.69) is 27.7 Å². The third kappa shape index (κ3) is 3.01. The van der Waals surface area contributed by atoms with Gasteiger partial charge in [0.25, 0.3) is 0 Å². The number of aromatic nitrogens is 4. The molecular formula is C11H21N5. The minimum atomic E-state index is 0.559. The summed E-state index contributed by atoms with van der Waals surface area (Å²) in [5, 5.41) is 15.5. The van der Waals surface area contributed by atoms with Crippen LogP contribution in [0.15, 0.2) is 0 Å². The maximum atomic E-state index is 4.16. The van der Waals surface area contributed by atoms with Gasteiger partial charge in [0.15, 0.2) is 5.82 Å². The molecule has 0 unspecified atom stereocenters. The van der Waals surface area contributed by atoms with E-state index in [1.165, 1.54) is 36.9 Å². The van der Waals surface area contributed by atoms with Crippen LogP contribution in [-0.2, 0) is 13.6 Å². The molecule has 0 bridgehead atoms. The molecular weight excluding hydrogens is 202 g/mol. The Morgan fingerprint density at radius 1 is 1.38 bits per heavy atom. The zero-order valence-corrected chi connectivity index (χ0v) is 10.2. The number of tetrazole rings is 1. The van der Waals surface area contributed by atoms with Crippen molar-refractivity contribution in [3.8, 4) is 0 Å². The van der Waals surface area contributed by atoms with Crippen LogP contribution in [0.2, 0.25) is 0 Å². The lowest BCUT2D eigenvalue weighted by Crippen LogP contribution is -2.34. The van der Waals surface area contributed by atoms with E-state index in [0.717, 1.165) is 18.3 Å². The lowest BCUT2D eigenvalue weighted by atomic mass is 9.84. The summed E-state index contributed by atoms with van der Waals surface area (Å²) in [6.45, 7) is 3.00. The number of nitrogens with zero attached hydrogens (tertiary/aromatic N) is 4. The SMILES string of the molecule is C[C@H](NCc1nnn(C)n1)C1CCCCC1. The van der Waals surface area contributed by atoms with Crippen molar-refractivity contribution < 1.29 is 0 Å². The summed E-state index contributed by atoms with van der Waals surface area (Å²) in [4.78, 5) is 1.50. The average Bonchev–Trinajstić information content (AvgIpc) is 2.73. The highest BCUT2D eigenvalue weighted by molar-refractivity contribution is 4.80. The lowest BCUT2D eigenvalue weighted by molar-refractivity contribution is 0.279. The predicted octanol–water partition coefficient (Wildman–Crippen LogP) is 1.27. The third-order valence-corrected chi connectivity index (χ3v) is 3.49. The molecule has 1 aliphatic rings. The van der Waals surface area contributed by atoms with Crippen molar-refractivity contribution in [3.63, 3.8) is 0 Å². The van der Waals surface area contributed by atoms with Crippen molar-refractivity contribution in [1.29, 1.82) is 0 Å². The molecule has 1 N–H and O–H groups in total. The second kappa shape index (κ2) is 5.39. The summed E-state index contributed by atoms with van der Waals surface area (Å²) < 4.78 is 0. The molecule has 1 aromatic heterocycles. The molecule has 0 saturated heterocycles. The Hall–Kier alpha value is -0.970. The van der Waals surface area contributed by atoms with Gasteiger partial charge < -0.3 is 5.32 Å². The second-order valence-electron chi connectivity index (χ2n) is 4.76. The van der Waals surface area contributed by atoms with E-state index in [1.54, 1.807) is 7.05 Å². The molecule has 2 rings (SSSR count). The summed E-state index contributed by atoms with van der Waals surface area (Å²) in [5.41, 5.74) is 0. The number of nitrogens with one attached hydrogen (secondary N) is 1. The van der Waals surface area contributed by atoms with E-state index in [9.17, 15) is 0 Å². The van der Waals surface area contributed by atoms with Gasteiger partial charge in [-0.1, -0.05) is 19.3 Å². The molecule has 1 atom stereocenters. The zero-order valence-electron chi connectivity index (χ0n) is 10.2. The van der Waals surface area contributed by atoms with Crippen LogP contribution in [0.3, 0.4) is 0 Å². The largest absolute Gasteiger partial charge is 0.307 e. The van der Waals surface area contributed by atoms with Crippen LogP contribution in [-0.4, -0.2) is 26.2 Å². The van der Waals surface area contributed by atoms with Crippen LogP contribution in [0, 0.1) is 5.92 Å². The summed E-state index contributed by atoms with van der Waals surface area (Å²) in [6.07, 6.45) is 6.92. The van der Waals surface area contributed by atoms with E-state index < -0.39 is 0 Å². The Morgan fingerprint density at radius 3 is 2.75 bits per heavy atom. The van der Waals surface area contributed by atoms with Crippen molar-refractivity contribution >= 4 is 0 Å². The quantitative estimate of drug-likeness (QED) is 0.835. The zero-order chi connectivity index (χ0) is 11.4. The number of hydrogen-bond donors (Lipinski definition) is 1. The van der Waals surface area contributed by atoms with Crippen LogP contribution in [0.25, 0.3) is 0 Å². The molecule has 5 heteroatoms. The number of hydrogen-bond acceptors (Lipinski definition) is 4. The molecule has 1 fully saturated rings. The molecule has 1 saturated carbocycles. The lowest BCUT2D eigenvalue weighted by Gasteiger charge is -2.28. The Morgan fingerprint density at radius 2 is 2.12 bits per heavy atom. The summed E-state index contributed by atoms with van der Waals surface area (Å²) in [6, 6.07) is 0.559. The molecule has 0 aromatic carbocycles. The molecule has 16 heavy (non-hydrogen) atoms. The molecule has 1 heterocycles. The van der Waals surface area contributed by atoms with Gasteiger partial charge in [0, 0.05) is 6.04 Å². The topological polar surface area (TPSA) is 55.6 Å². The van der Waals surface area contributed by atoms with E-state index in [0.29, 0.717) is 6.04 Å². The van der Waals surface area contributed by atoms with Crippen molar-refractivity contribution in [2.24, 2.45) is 13.0 Å². The van der Waals surface area contributed by atoms with E-state index in [1.807, 2.05) is 0 Å². The second-order valence-corrected chi connectivity index (χ2v) is 4.76. The maximum absolute atomic E-state index is 4.16. The van der Waals surface area contributed by atoms with Gasteiger partial charge in [-0.3, -0.25) is 0 Å². The Bertz CT molecular complexity index is 316. The van der Waals surface area contributed by atoms with Crippen LogP contribution in [0.5, 0.6) is 0 Å². The van der Waals surface area contributed by atoms with Gasteiger partial charge in [-0.05, 0) is 30.9 Å². The molecule has 1 aromatic rings. The molecule has 5 nitrogen and oxygen atoms in total.